The zero-order valence-electron chi connectivity index (χ0n) is 8.74. The van der Waals surface area contributed by atoms with E-state index < -0.39 is 20.8 Å². The van der Waals surface area contributed by atoms with Gasteiger partial charge in [-0.05, 0) is 17.6 Å². The summed E-state index contributed by atoms with van der Waals surface area (Å²) in [6.45, 7) is 5.56. The number of hydrogen-bond acceptors (Lipinski definition) is 2. The summed E-state index contributed by atoms with van der Waals surface area (Å²) < 4.78 is 39.4. The molecule has 0 saturated heterocycles. The first kappa shape index (κ1) is 13.9. The van der Waals surface area contributed by atoms with Gasteiger partial charge in [-0.25, -0.2) is 0 Å². The third kappa shape index (κ3) is 3.97. The van der Waals surface area contributed by atoms with Crippen LogP contribution in [0.25, 0.3) is 0 Å². The van der Waals surface area contributed by atoms with Crippen LogP contribution >= 0.6 is 41.5 Å². The molecule has 0 bridgehead atoms. The summed E-state index contributed by atoms with van der Waals surface area (Å²) in [5, 5.41) is -0.720. The molecule has 1 atom stereocenters. The normalized spacial score (nSPS) is 19.9. The van der Waals surface area contributed by atoms with Crippen molar-refractivity contribution < 1.29 is 13.0 Å². The van der Waals surface area contributed by atoms with E-state index in [4.69, 9.17) is 0 Å². The van der Waals surface area contributed by atoms with Gasteiger partial charge in [0.15, 0.2) is 0 Å². The highest BCUT2D eigenvalue weighted by atomic mass is 127. The van der Waals surface area contributed by atoms with E-state index in [-0.39, 0.29) is 41.5 Å². The third-order valence-corrected chi connectivity index (χ3v) is 10.5. The van der Waals surface area contributed by atoms with Crippen molar-refractivity contribution in [1.29, 1.82) is 0 Å². The quantitative estimate of drug-likeness (QED) is 0.514. The molecule has 0 spiro atoms. The van der Waals surface area contributed by atoms with Crippen molar-refractivity contribution in [2.45, 2.75) is 26.0 Å². The third-order valence-electron chi connectivity index (χ3n) is 1.81. The van der Waals surface area contributed by atoms with E-state index in [2.05, 4.69) is 12.2 Å². The lowest BCUT2D eigenvalue weighted by Gasteiger charge is -2.28. The van der Waals surface area contributed by atoms with Crippen molar-refractivity contribution in [3.63, 3.8) is 0 Å². The van der Waals surface area contributed by atoms with Gasteiger partial charge in [0.05, 0.1) is 0 Å². The van der Waals surface area contributed by atoms with E-state index in [0.717, 1.165) is 3.51 Å². The van der Waals surface area contributed by atoms with E-state index in [0.29, 0.717) is 0 Å². The predicted octanol–water partition coefficient (Wildman–Crippen LogP) is 2.69. The van der Waals surface area contributed by atoms with Gasteiger partial charge >= 0.3 is 0 Å². The summed E-state index contributed by atoms with van der Waals surface area (Å²) in [7, 11) is -3.98. The van der Waals surface area contributed by atoms with Crippen LogP contribution in [-0.4, -0.2) is 25.7 Å². The monoisotopic (exact) mass is 456 g/mol. The Morgan fingerprint density at radius 1 is 1.33 bits per heavy atom. The first-order chi connectivity index (χ1) is 6.73. The predicted molar refractivity (Wildman–Crippen MR) is 83.0 cm³/mol. The lowest BCUT2D eigenvalue weighted by atomic mass is 9.90. The van der Waals surface area contributed by atoms with Crippen LogP contribution in [0.5, 0.6) is 0 Å². The fourth-order valence-electron chi connectivity index (χ4n) is 1.36. The molecule has 3 nitrogen and oxygen atoms in total. The Kier molecular flexibility index (Phi) is 4.64. The van der Waals surface area contributed by atoms with E-state index >= 15 is 0 Å². The summed E-state index contributed by atoms with van der Waals surface area (Å²) in [5.74, 6) is 0. The van der Waals surface area contributed by atoms with Gasteiger partial charge in [0.1, 0.15) is 5.25 Å². The highest BCUT2D eigenvalue weighted by molar-refractivity contribution is 14.2. The van der Waals surface area contributed by atoms with Gasteiger partial charge in [0.2, 0.25) is 0 Å². The number of hydrogen-bond donors (Lipinski definition) is 1. The molecule has 1 heterocycles. The number of halogens is 2. The van der Waals surface area contributed by atoms with Gasteiger partial charge in [-0.2, -0.15) is 8.42 Å². The zero-order valence-corrected chi connectivity index (χ0v) is 13.9. The molecule has 1 unspecified atom stereocenters. The van der Waals surface area contributed by atoms with Crippen molar-refractivity contribution in [2.75, 3.05) is 0 Å². The van der Waals surface area contributed by atoms with Gasteiger partial charge in [-0.1, -0.05) is 62.2 Å². The molecule has 0 aromatic carbocycles. The molecule has 15 heavy (non-hydrogen) atoms. The van der Waals surface area contributed by atoms with Crippen LogP contribution in [0.15, 0.2) is 8.17 Å². The average molecular weight is 456 g/mol. The summed E-state index contributed by atoms with van der Waals surface area (Å²) in [4.78, 5) is 0. The lowest BCUT2D eigenvalue weighted by molar-refractivity contribution is 0.396. The SMILES string of the molecule is CC(C)(C)C(C1=IC=CI=C1)S(=O)(=O)O. The van der Waals surface area contributed by atoms with Gasteiger partial charge in [0, 0.05) is 3.51 Å². The van der Waals surface area contributed by atoms with Crippen molar-refractivity contribution in [2.24, 2.45) is 5.41 Å². The Balaban J connectivity index is 3.20. The molecule has 88 valence electrons. The molecule has 0 radical (unpaired) electrons. The van der Waals surface area contributed by atoms with E-state index in [9.17, 15) is 13.0 Å². The van der Waals surface area contributed by atoms with Crippen LogP contribution in [0, 0.1) is 5.41 Å². The maximum absolute atomic E-state index is 11.4. The second-order valence-electron chi connectivity index (χ2n) is 4.24. The standard InChI is InChI=1S/C9H14I2O3S/c1-9(2,3)8(15(12,13)14)7-6-10-4-5-11-7/h4-6,8H,1-3H3,(H,12,13,14). The van der Waals surface area contributed by atoms with Crippen molar-refractivity contribution in [3.8, 4) is 0 Å². The minimum atomic E-state index is -3.98. The largest absolute Gasteiger partial charge is 0.285 e. The van der Waals surface area contributed by atoms with Gasteiger partial charge < -0.3 is 0 Å². The van der Waals surface area contributed by atoms with Crippen molar-refractivity contribution >= 4 is 59.1 Å². The Labute approximate surface area is 111 Å². The first-order valence-corrected chi connectivity index (χ1v) is 10.6. The summed E-state index contributed by atoms with van der Waals surface area (Å²) in [6, 6.07) is 0. The average Bonchev–Trinajstić information content (AvgIpc) is 2.00. The molecule has 1 aliphatic rings. The van der Waals surface area contributed by atoms with Crippen molar-refractivity contribution in [3.05, 3.63) is 8.17 Å². The topological polar surface area (TPSA) is 54.4 Å². The van der Waals surface area contributed by atoms with Gasteiger partial charge in [-0.15, -0.1) is 0 Å². The summed E-state index contributed by atoms with van der Waals surface area (Å²) in [5.41, 5.74) is -0.436. The molecule has 1 N–H and O–H groups in total. The molecule has 0 aromatic heterocycles. The molecule has 1 rings (SSSR count). The fraction of sp³-hybridized carbons (Fsp3) is 0.556. The van der Waals surface area contributed by atoms with Gasteiger partial charge in [0.25, 0.3) is 10.1 Å². The molecule has 0 fully saturated rings. The molecule has 0 aliphatic carbocycles. The van der Waals surface area contributed by atoms with Gasteiger partial charge in [-0.3, -0.25) is 4.55 Å². The highest BCUT2D eigenvalue weighted by Crippen LogP contribution is 2.30. The minimum Gasteiger partial charge on any atom is -0.285 e. The zero-order chi connectivity index (χ0) is 11.7. The molecule has 6 heteroatoms. The van der Waals surface area contributed by atoms with E-state index in [1.54, 1.807) is 0 Å². The first-order valence-electron chi connectivity index (χ1n) is 4.29. The van der Waals surface area contributed by atoms with Crippen LogP contribution in [0.2, 0.25) is 0 Å². The fourth-order valence-corrected chi connectivity index (χ4v) is 11.0. The molecule has 0 aromatic rings. The molecular weight excluding hydrogens is 442 g/mol. The molecular formula is C9H14I2O3S. The van der Waals surface area contributed by atoms with E-state index in [1.165, 1.54) is 0 Å². The second-order valence-corrected chi connectivity index (χ2v) is 10.4. The molecule has 0 amide bonds. The lowest BCUT2D eigenvalue weighted by Crippen LogP contribution is -2.40. The second kappa shape index (κ2) is 5.01. The molecule has 0 saturated carbocycles. The van der Waals surface area contributed by atoms with Crippen LogP contribution in [0.3, 0.4) is 0 Å². The Morgan fingerprint density at radius 3 is 2.27 bits per heavy atom. The minimum absolute atomic E-state index is 0.146. The highest BCUT2D eigenvalue weighted by Gasteiger charge is 2.37. The van der Waals surface area contributed by atoms with Crippen molar-refractivity contribution in [1.82, 2.24) is 0 Å². The Hall–Kier alpha value is 0.850. The Bertz CT molecular complexity index is 427. The molecule has 1 aliphatic heterocycles. The number of rotatable bonds is 2. The van der Waals surface area contributed by atoms with Crippen LogP contribution in [0.4, 0.5) is 0 Å². The smallest absolute Gasteiger partial charge is 0.272 e. The summed E-state index contributed by atoms with van der Waals surface area (Å²) >= 11 is -0.501. The van der Waals surface area contributed by atoms with Crippen LogP contribution < -0.4 is 0 Å². The van der Waals surface area contributed by atoms with Crippen LogP contribution in [-0.2, 0) is 10.1 Å². The van der Waals surface area contributed by atoms with E-state index in [1.807, 2.05) is 20.8 Å². The maximum atomic E-state index is 11.4. The Morgan fingerprint density at radius 2 is 1.93 bits per heavy atom. The summed E-state index contributed by atoms with van der Waals surface area (Å²) in [6.07, 6.45) is 0. The maximum Gasteiger partial charge on any atom is 0.272 e. The van der Waals surface area contributed by atoms with Crippen LogP contribution in [0.1, 0.15) is 20.8 Å².